The van der Waals surface area contributed by atoms with Gasteiger partial charge in [-0.05, 0) is 19.4 Å². The Labute approximate surface area is 96.4 Å². The predicted octanol–water partition coefficient (Wildman–Crippen LogP) is -1.87. The van der Waals surface area contributed by atoms with E-state index in [-0.39, 0.29) is 25.7 Å². The van der Waals surface area contributed by atoms with Crippen LogP contribution in [0.1, 0.15) is 12.8 Å². The largest absolute Gasteiger partial charge is 0.395 e. The van der Waals surface area contributed by atoms with E-state index in [0.29, 0.717) is 26.2 Å². The van der Waals surface area contributed by atoms with Gasteiger partial charge >= 0.3 is 0 Å². The molecule has 0 aromatic carbocycles. The second-order valence-corrected chi connectivity index (χ2v) is 3.57. The van der Waals surface area contributed by atoms with Crippen LogP contribution in [0, 0.1) is 0 Å². The molecule has 1 amide bonds. The van der Waals surface area contributed by atoms with E-state index in [0.717, 1.165) is 12.8 Å². The number of amides is 1. The Morgan fingerprint density at radius 2 is 1.81 bits per heavy atom. The van der Waals surface area contributed by atoms with Gasteiger partial charge in [-0.3, -0.25) is 9.69 Å². The van der Waals surface area contributed by atoms with Crippen LogP contribution in [0.15, 0.2) is 0 Å². The van der Waals surface area contributed by atoms with Crippen molar-refractivity contribution in [1.29, 1.82) is 0 Å². The average molecular weight is 233 g/mol. The molecule has 0 unspecified atom stereocenters. The lowest BCUT2D eigenvalue weighted by molar-refractivity contribution is -0.122. The van der Waals surface area contributed by atoms with Crippen LogP contribution in [-0.4, -0.2) is 67.0 Å². The lowest BCUT2D eigenvalue weighted by Gasteiger charge is -2.19. The Kier molecular flexibility index (Phi) is 10.3. The molecule has 0 atom stereocenters. The second-order valence-electron chi connectivity index (χ2n) is 3.57. The van der Waals surface area contributed by atoms with Gasteiger partial charge in [0.15, 0.2) is 0 Å². The summed E-state index contributed by atoms with van der Waals surface area (Å²) in [5.41, 5.74) is 5.33. The number of carbonyl (C=O) groups excluding carboxylic acids is 1. The molecular weight excluding hydrogens is 210 g/mol. The van der Waals surface area contributed by atoms with Crippen LogP contribution < -0.4 is 11.1 Å². The minimum absolute atomic E-state index is 0.0134. The first-order chi connectivity index (χ1) is 7.74. The van der Waals surface area contributed by atoms with Gasteiger partial charge in [-0.25, -0.2) is 0 Å². The molecule has 0 aliphatic carbocycles. The number of unbranched alkanes of at least 4 members (excludes halogenated alkanes) is 1. The normalized spacial score (nSPS) is 10.8. The Morgan fingerprint density at radius 1 is 1.19 bits per heavy atom. The van der Waals surface area contributed by atoms with Crippen LogP contribution in [0.25, 0.3) is 0 Å². The smallest absolute Gasteiger partial charge is 0.234 e. The van der Waals surface area contributed by atoms with E-state index < -0.39 is 0 Å². The molecule has 6 nitrogen and oxygen atoms in total. The third-order valence-corrected chi connectivity index (χ3v) is 2.15. The Morgan fingerprint density at radius 3 is 2.31 bits per heavy atom. The molecule has 16 heavy (non-hydrogen) atoms. The summed E-state index contributed by atoms with van der Waals surface area (Å²) in [4.78, 5) is 13.1. The summed E-state index contributed by atoms with van der Waals surface area (Å²) >= 11 is 0. The highest BCUT2D eigenvalue weighted by Gasteiger charge is 2.08. The van der Waals surface area contributed by atoms with Crippen molar-refractivity contribution in [3.8, 4) is 0 Å². The summed E-state index contributed by atoms with van der Waals surface area (Å²) in [6, 6.07) is 0. The molecule has 0 saturated carbocycles. The van der Waals surface area contributed by atoms with E-state index >= 15 is 0 Å². The number of hydrogen-bond donors (Lipinski definition) is 4. The van der Waals surface area contributed by atoms with Gasteiger partial charge in [0, 0.05) is 19.6 Å². The molecule has 0 aromatic rings. The second kappa shape index (κ2) is 10.8. The zero-order valence-corrected chi connectivity index (χ0v) is 9.69. The van der Waals surface area contributed by atoms with Crippen molar-refractivity contribution in [3.05, 3.63) is 0 Å². The molecule has 0 aromatic heterocycles. The molecule has 0 bridgehead atoms. The summed E-state index contributed by atoms with van der Waals surface area (Å²) in [6.07, 6.45) is 1.78. The van der Waals surface area contributed by atoms with Gasteiger partial charge in [-0.15, -0.1) is 0 Å². The van der Waals surface area contributed by atoms with Gasteiger partial charge in [0.2, 0.25) is 5.91 Å². The van der Waals surface area contributed by atoms with Crippen LogP contribution in [0.5, 0.6) is 0 Å². The fraction of sp³-hybridized carbons (Fsp3) is 0.900. The third-order valence-electron chi connectivity index (χ3n) is 2.15. The summed E-state index contributed by atoms with van der Waals surface area (Å²) in [5.74, 6) is -0.0843. The fourth-order valence-corrected chi connectivity index (χ4v) is 1.31. The van der Waals surface area contributed by atoms with E-state index in [2.05, 4.69) is 5.32 Å². The number of hydrogen-bond acceptors (Lipinski definition) is 5. The van der Waals surface area contributed by atoms with Crippen molar-refractivity contribution >= 4 is 5.91 Å². The zero-order valence-electron chi connectivity index (χ0n) is 9.69. The summed E-state index contributed by atoms with van der Waals surface area (Å²) in [6.45, 7) is 2.25. The molecule has 5 N–H and O–H groups in total. The Hall–Kier alpha value is -0.690. The summed E-state index contributed by atoms with van der Waals surface area (Å²) in [7, 11) is 0. The van der Waals surface area contributed by atoms with Crippen molar-refractivity contribution in [1.82, 2.24) is 10.2 Å². The molecule has 0 heterocycles. The van der Waals surface area contributed by atoms with Gasteiger partial charge in [-0.1, -0.05) is 0 Å². The monoisotopic (exact) mass is 233 g/mol. The molecule has 96 valence electrons. The Bertz CT molecular complexity index is 173. The number of nitrogens with one attached hydrogen (secondary N) is 1. The molecule has 0 spiro atoms. The molecular formula is C10H23N3O3. The molecule has 6 heteroatoms. The first-order valence-corrected chi connectivity index (χ1v) is 5.65. The first-order valence-electron chi connectivity index (χ1n) is 5.65. The van der Waals surface area contributed by atoms with Crippen LogP contribution >= 0.6 is 0 Å². The fourth-order valence-electron chi connectivity index (χ4n) is 1.31. The standard InChI is InChI=1S/C10H23N3O3/c11-3-1-2-4-12-10(16)9-13(5-7-14)6-8-15/h14-15H,1-9,11H2,(H,12,16). The maximum Gasteiger partial charge on any atom is 0.234 e. The number of aliphatic hydroxyl groups is 2. The van der Waals surface area contributed by atoms with Gasteiger partial charge in [0.25, 0.3) is 0 Å². The highest BCUT2D eigenvalue weighted by Crippen LogP contribution is 1.88. The average Bonchev–Trinajstić information content (AvgIpc) is 2.25. The summed E-state index contributed by atoms with van der Waals surface area (Å²) in [5, 5.41) is 20.3. The topological polar surface area (TPSA) is 98.8 Å². The first kappa shape index (κ1) is 15.3. The molecule has 0 saturated heterocycles. The maximum atomic E-state index is 11.4. The molecule has 0 rings (SSSR count). The third kappa shape index (κ3) is 8.60. The van der Waals surface area contributed by atoms with Crippen LogP contribution in [0.3, 0.4) is 0 Å². The van der Waals surface area contributed by atoms with Crippen molar-refractivity contribution in [2.45, 2.75) is 12.8 Å². The number of aliphatic hydroxyl groups excluding tert-OH is 2. The molecule has 0 radical (unpaired) electrons. The minimum Gasteiger partial charge on any atom is -0.395 e. The van der Waals surface area contributed by atoms with Crippen molar-refractivity contribution < 1.29 is 15.0 Å². The van der Waals surface area contributed by atoms with Gasteiger partial charge < -0.3 is 21.3 Å². The lowest BCUT2D eigenvalue weighted by atomic mass is 10.3. The molecule has 0 aliphatic rings. The van der Waals surface area contributed by atoms with Crippen molar-refractivity contribution in [2.75, 3.05) is 45.9 Å². The van der Waals surface area contributed by atoms with E-state index in [1.54, 1.807) is 4.90 Å². The van der Waals surface area contributed by atoms with Crippen LogP contribution in [0.4, 0.5) is 0 Å². The van der Waals surface area contributed by atoms with Gasteiger partial charge in [-0.2, -0.15) is 0 Å². The number of rotatable bonds is 10. The van der Waals surface area contributed by atoms with E-state index in [9.17, 15) is 4.79 Å². The number of nitrogens with two attached hydrogens (primary N) is 1. The maximum absolute atomic E-state index is 11.4. The molecule has 0 fully saturated rings. The number of carbonyl (C=O) groups is 1. The highest BCUT2D eigenvalue weighted by atomic mass is 16.3. The van der Waals surface area contributed by atoms with Crippen LogP contribution in [0.2, 0.25) is 0 Å². The van der Waals surface area contributed by atoms with Crippen LogP contribution in [-0.2, 0) is 4.79 Å². The van der Waals surface area contributed by atoms with Crippen molar-refractivity contribution in [2.24, 2.45) is 5.73 Å². The highest BCUT2D eigenvalue weighted by molar-refractivity contribution is 5.77. The Balaban J connectivity index is 3.63. The SMILES string of the molecule is NCCCCNC(=O)CN(CCO)CCO. The minimum atomic E-state index is -0.0843. The van der Waals surface area contributed by atoms with Gasteiger partial charge in [0.1, 0.15) is 0 Å². The van der Waals surface area contributed by atoms with E-state index in [4.69, 9.17) is 15.9 Å². The number of nitrogens with zero attached hydrogens (tertiary/aromatic N) is 1. The van der Waals surface area contributed by atoms with Crippen molar-refractivity contribution in [3.63, 3.8) is 0 Å². The van der Waals surface area contributed by atoms with Gasteiger partial charge in [0.05, 0.1) is 19.8 Å². The quantitative estimate of drug-likeness (QED) is 0.331. The summed E-state index contributed by atoms with van der Waals surface area (Å²) < 4.78 is 0. The van der Waals surface area contributed by atoms with E-state index in [1.165, 1.54) is 0 Å². The predicted molar refractivity (Wildman–Crippen MR) is 61.9 cm³/mol. The lowest BCUT2D eigenvalue weighted by Crippen LogP contribution is -2.40. The zero-order chi connectivity index (χ0) is 12.2. The molecule has 0 aliphatic heterocycles. The van der Waals surface area contributed by atoms with E-state index in [1.807, 2.05) is 0 Å².